The van der Waals surface area contributed by atoms with Gasteiger partial charge in [0.1, 0.15) is 0 Å². The van der Waals surface area contributed by atoms with Gasteiger partial charge < -0.3 is 5.11 Å². The van der Waals surface area contributed by atoms with Gasteiger partial charge in [0.2, 0.25) is 0 Å². The molecule has 0 radical (unpaired) electrons. The van der Waals surface area contributed by atoms with E-state index in [0.717, 1.165) is 19.4 Å². The van der Waals surface area contributed by atoms with E-state index in [-0.39, 0.29) is 0 Å². The molecule has 1 unspecified atom stereocenters. The molecule has 0 amide bonds. The summed E-state index contributed by atoms with van der Waals surface area (Å²) in [6.07, 6.45) is 2.36. The summed E-state index contributed by atoms with van der Waals surface area (Å²) in [6.45, 7) is 7.68. The topological polar surface area (TPSA) is 40.5 Å². The number of carboxylic acids is 1. The van der Waals surface area contributed by atoms with Gasteiger partial charge in [-0.15, -0.1) is 0 Å². The fraction of sp³-hybridized carbons (Fsp3) is 0.727. The average Bonchev–Trinajstić information content (AvgIpc) is 2.16. The summed E-state index contributed by atoms with van der Waals surface area (Å²) in [5.74, 6) is -0.685. The van der Waals surface area contributed by atoms with Crippen LogP contribution in [0.2, 0.25) is 0 Å². The molecule has 1 rings (SSSR count). The van der Waals surface area contributed by atoms with E-state index in [2.05, 4.69) is 11.5 Å². The highest BCUT2D eigenvalue weighted by Gasteiger charge is 2.40. The number of aliphatic carboxylic acids is 1. The Morgan fingerprint density at radius 3 is 2.80 bits per heavy atom. The van der Waals surface area contributed by atoms with Crippen LogP contribution < -0.4 is 0 Å². The second-order valence-electron chi connectivity index (χ2n) is 4.27. The minimum absolute atomic E-state index is 0.576. The van der Waals surface area contributed by atoms with Crippen LogP contribution in [0.5, 0.6) is 0 Å². The molecule has 0 spiro atoms. The van der Waals surface area contributed by atoms with Crippen molar-refractivity contribution in [1.82, 2.24) is 4.90 Å². The maximum absolute atomic E-state index is 11.3. The highest BCUT2D eigenvalue weighted by Crippen LogP contribution is 2.33. The van der Waals surface area contributed by atoms with Gasteiger partial charge in [0, 0.05) is 18.1 Å². The van der Waals surface area contributed by atoms with E-state index in [0.29, 0.717) is 24.5 Å². The fourth-order valence-electron chi connectivity index (χ4n) is 2.22. The summed E-state index contributed by atoms with van der Waals surface area (Å²) in [5, 5.41) is 9.83. The average molecular weight is 232 g/mol. The summed E-state index contributed by atoms with van der Waals surface area (Å²) in [5.41, 5.74) is -0.579. The largest absolute Gasteiger partial charge is 0.481 e. The molecule has 0 aromatic rings. The van der Waals surface area contributed by atoms with E-state index < -0.39 is 11.4 Å². The summed E-state index contributed by atoms with van der Waals surface area (Å²) >= 11 is 5.74. The van der Waals surface area contributed by atoms with E-state index in [1.54, 1.807) is 0 Å². The number of rotatable bonds is 4. The molecule has 1 saturated heterocycles. The second kappa shape index (κ2) is 4.99. The second-order valence-corrected chi connectivity index (χ2v) is 4.81. The summed E-state index contributed by atoms with van der Waals surface area (Å²) in [4.78, 5) is 13.3. The minimum Gasteiger partial charge on any atom is -0.481 e. The van der Waals surface area contributed by atoms with Crippen LogP contribution in [0, 0.1) is 5.41 Å². The normalized spacial score (nSPS) is 27.6. The molecular weight excluding hydrogens is 214 g/mol. The van der Waals surface area contributed by atoms with Crippen LogP contribution in [0.1, 0.15) is 26.2 Å². The van der Waals surface area contributed by atoms with Crippen molar-refractivity contribution in [3.05, 3.63) is 11.6 Å². The van der Waals surface area contributed by atoms with Gasteiger partial charge in [0.05, 0.1) is 5.41 Å². The third-order valence-electron chi connectivity index (χ3n) is 3.18. The zero-order valence-electron chi connectivity index (χ0n) is 9.13. The van der Waals surface area contributed by atoms with Gasteiger partial charge in [-0.25, -0.2) is 0 Å². The number of likely N-dealkylation sites (tertiary alicyclic amines) is 1. The Kier molecular flexibility index (Phi) is 4.17. The molecule has 1 aliphatic rings. The Morgan fingerprint density at radius 2 is 2.33 bits per heavy atom. The van der Waals surface area contributed by atoms with Crippen molar-refractivity contribution < 1.29 is 9.90 Å². The number of carbonyl (C=O) groups is 1. The molecule has 3 nitrogen and oxygen atoms in total. The van der Waals surface area contributed by atoms with Gasteiger partial charge in [0.25, 0.3) is 0 Å². The van der Waals surface area contributed by atoms with Gasteiger partial charge in [-0.3, -0.25) is 9.69 Å². The third kappa shape index (κ3) is 2.95. The van der Waals surface area contributed by atoms with Crippen molar-refractivity contribution in [2.75, 3.05) is 19.6 Å². The van der Waals surface area contributed by atoms with Crippen LogP contribution in [0.25, 0.3) is 0 Å². The monoisotopic (exact) mass is 231 g/mol. The van der Waals surface area contributed by atoms with Crippen molar-refractivity contribution >= 4 is 17.6 Å². The molecule has 1 atom stereocenters. The van der Waals surface area contributed by atoms with Crippen LogP contribution in [0.4, 0.5) is 0 Å². The van der Waals surface area contributed by atoms with Gasteiger partial charge in [-0.2, -0.15) is 0 Å². The molecule has 15 heavy (non-hydrogen) atoms. The van der Waals surface area contributed by atoms with Crippen molar-refractivity contribution in [2.45, 2.75) is 26.2 Å². The first-order valence-corrected chi connectivity index (χ1v) is 5.67. The van der Waals surface area contributed by atoms with Gasteiger partial charge in [-0.1, -0.05) is 25.1 Å². The van der Waals surface area contributed by atoms with Crippen LogP contribution in [0.3, 0.4) is 0 Å². The van der Waals surface area contributed by atoms with Gasteiger partial charge in [0.15, 0.2) is 0 Å². The van der Waals surface area contributed by atoms with Crippen molar-refractivity contribution in [1.29, 1.82) is 0 Å². The van der Waals surface area contributed by atoms with Gasteiger partial charge in [-0.05, 0) is 25.8 Å². The quantitative estimate of drug-likeness (QED) is 0.807. The highest BCUT2D eigenvalue weighted by atomic mass is 35.5. The van der Waals surface area contributed by atoms with Crippen LogP contribution >= 0.6 is 11.6 Å². The molecule has 1 heterocycles. The minimum atomic E-state index is -0.685. The molecule has 4 heteroatoms. The van der Waals surface area contributed by atoms with E-state index in [4.69, 9.17) is 11.6 Å². The molecule has 0 bridgehead atoms. The SMILES string of the molecule is C=C(Cl)CN1CCCC(CC)(C(=O)O)C1. The highest BCUT2D eigenvalue weighted by molar-refractivity contribution is 6.29. The lowest BCUT2D eigenvalue weighted by Crippen LogP contribution is -2.47. The Bertz CT molecular complexity index is 267. The van der Waals surface area contributed by atoms with E-state index in [9.17, 15) is 9.90 Å². The predicted molar refractivity (Wildman–Crippen MR) is 61.0 cm³/mol. The Morgan fingerprint density at radius 1 is 1.67 bits per heavy atom. The molecule has 0 aromatic heterocycles. The Hall–Kier alpha value is -0.540. The number of hydrogen-bond donors (Lipinski definition) is 1. The summed E-state index contributed by atoms with van der Waals surface area (Å²) < 4.78 is 0. The molecule has 86 valence electrons. The number of hydrogen-bond acceptors (Lipinski definition) is 2. The van der Waals surface area contributed by atoms with Crippen LogP contribution in [-0.4, -0.2) is 35.6 Å². The van der Waals surface area contributed by atoms with Crippen LogP contribution in [0.15, 0.2) is 11.6 Å². The standard InChI is InChI=1S/C11H18ClNO2/c1-3-11(10(14)15)5-4-6-13(8-11)7-9(2)12/h2-8H2,1H3,(H,14,15). The number of piperidine rings is 1. The first-order chi connectivity index (χ1) is 7.00. The van der Waals surface area contributed by atoms with Gasteiger partial charge >= 0.3 is 5.97 Å². The first kappa shape index (κ1) is 12.5. The first-order valence-electron chi connectivity index (χ1n) is 5.29. The Labute approximate surface area is 95.7 Å². The number of carboxylic acid groups (broad SMARTS) is 1. The smallest absolute Gasteiger partial charge is 0.310 e. The van der Waals surface area contributed by atoms with Crippen molar-refractivity contribution in [2.24, 2.45) is 5.41 Å². The zero-order valence-corrected chi connectivity index (χ0v) is 9.89. The maximum atomic E-state index is 11.3. The molecule has 0 aromatic carbocycles. The van der Waals surface area contributed by atoms with Crippen LogP contribution in [-0.2, 0) is 4.79 Å². The Balaban J connectivity index is 2.68. The molecule has 1 aliphatic heterocycles. The fourth-order valence-corrected chi connectivity index (χ4v) is 2.39. The maximum Gasteiger partial charge on any atom is 0.310 e. The molecular formula is C11H18ClNO2. The molecule has 0 aliphatic carbocycles. The van der Waals surface area contributed by atoms with E-state index >= 15 is 0 Å². The summed E-state index contributed by atoms with van der Waals surface area (Å²) in [7, 11) is 0. The number of halogens is 1. The van der Waals surface area contributed by atoms with Crippen molar-refractivity contribution in [3.63, 3.8) is 0 Å². The lowest BCUT2D eigenvalue weighted by molar-refractivity contribution is -0.152. The summed E-state index contributed by atoms with van der Waals surface area (Å²) in [6, 6.07) is 0. The van der Waals surface area contributed by atoms with Crippen molar-refractivity contribution in [3.8, 4) is 0 Å². The molecule has 0 saturated carbocycles. The molecule has 1 fully saturated rings. The lowest BCUT2D eigenvalue weighted by Gasteiger charge is -2.39. The molecule has 1 N–H and O–H groups in total. The van der Waals surface area contributed by atoms with E-state index in [1.165, 1.54) is 0 Å². The van der Waals surface area contributed by atoms with E-state index in [1.807, 2.05) is 6.92 Å². The number of nitrogens with zero attached hydrogens (tertiary/aromatic N) is 1. The third-order valence-corrected chi connectivity index (χ3v) is 3.30. The lowest BCUT2D eigenvalue weighted by atomic mass is 9.77. The zero-order chi connectivity index (χ0) is 11.5. The predicted octanol–water partition coefficient (Wildman–Crippen LogP) is 2.32.